The molecule has 3 N–H and O–H groups in total. The SMILES string of the molecule is Clc1ccc(/C=N/Nc2nc(NCc3ccccc3)nc(Nc3ccccc3)n2)cc1. The van der Waals surface area contributed by atoms with Crippen molar-refractivity contribution >= 4 is 41.3 Å². The third kappa shape index (κ3) is 6.25. The third-order valence-corrected chi connectivity index (χ3v) is 4.46. The van der Waals surface area contributed by atoms with Crippen LogP contribution in [-0.4, -0.2) is 21.2 Å². The fourth-order valence-corrected chi connectivity index (χ4v) is 2.83. The molecule has 0 aliphatic heterocycles. The maximum Gasteiger partial charge on any atom is 0.250 e. The molecule has 4 rings (SSSR count). The number of halogens is 1. The van der Waals surface area contributed by atoms with Crippen LogP contribution in [-0.2, 0) is 6.54 Å². The summed E-state index contributed by atoms with van der Waals surface area (Å²) >= 11 is 5.92. The Hall–Kier alpha value is -3.97. The number of hydrogen-bond donors (Lipinski definition) is 3. The van der Waals surface area contributed by atoms with Gasteiger partial charge < -0.3 is 10.6 Å². The molecule has 0 saturated heterocycles. The van der Waals surface area contributed by atoms with Crippen LogP contribution >= 0.6 is 11.6 Å². The number of aromatic nitrogens is 3. The molecule has 0 fully saturated rings. The van der Waals surface area contributed by atoms with Crippen molar-refractivity contribution in [1.82, 2.24) is 15.0 Å². The van der Waals surface area contributed by atoms with Crippen molar-refractivity contribution in [2.75, 3.05) is 16.1 Å². The highest BCUT2D eigenvalue weighted by Gasteiger charge is 2.07. The second-order valence-corrected chi connectivity index (χ2v) is 6.99. The monoisotopic (exact) mass is 429 g/mol. The summed E-state index contributed by atoms with van der Waals surface area (Å²) in [6, 6.07) is 27.1. The van der Waals surface area contributed by atoms with E-state index >= 15 is 0 Å². The molecule has 7 nitrogen and oxygen atoms in total. The Morgan fingerprint density at radius 2 is 1.39 bits per heavy atom. The Bertz CT molecular complexity index is 1130. The predicted molar refractivity (Wildman–Crippen MR) is 126 cm³/mol. The summed E-state index contributed by atoms with van der Waals surface area (Å²) < 4.78 is 0. The number of nitrogens with one attached hydrogen (secondary N) is 3. The first-order valence-corrected chi connectivity index (χ1v) is 10.0. The summed E-state index contributed by atoms with van der Waals surface area (Å²) in [5.74, 6) is 1.15. The van der Waals surface area contributed by atoms with Crippen molar-refractivity contribution in [2.45, 2.75) is 6.54 Å². The first-order chi connectivity index (χ1) is 15.2. The summed E-state index contributed by atoms with van der Waals surface area (Å²) in [5.41, 5.74) is 5.76. The van der Waals surface area contributed by atoms with Gasteiger partial charge in [0, 0.05) is 17.3 Å². The molecule has 0 atom stereocenters. The summed E-state index contributed by atoms with van der Waals surface area (Å²) in [4.78, 5) is 13.3. The zero-order valence-corrected chi connectivity index (χ0v) is 17.3. The molecule has 0 aliphatic carbocycles. The van der Waals surface area contributed by atoms with Crippen molar-refractivity contribution in [3.63, 3.8) is 0 Å². The minimum absolute atomic E-state index is 0.314. The van der Waals surface area contributed by atoms with E-state index in [0.717, 1.165) is 16.8 Å². The van der Waals surface area contributed by atoms with E-state index < -0.39 is 0 Å². The van der Waals surface area contributed by atoms with E-state index in [4.69, 9.17) is 11.6 Å². The topological polar surface area (TPSA) is 87.1 Å². The first-order valence-electron chi connectivity index (χ1n) is 9.65. The van der Waals surface area contributed by atoms with Crippen molar-refractivity contribution in [1.29, 1.82) is 0 Å². The molecule has 31 heavy (non-hydrogen) atoms. The summed E-state index contributed by atoms with van der Waals surface area (Å²) in [6.07, 6.45) is 1.67. The lowest BCUT2D eigenvalue weighted by atomic mass is 10.2. The second-order valence-electron chi connectivity index (χ2n) is 6.56. The molecule has 0 amide bonds. The number of rotatable bonds is 8. The Morgan fingerprint density at radius 3 is 2.13 bits per heavy atom. The van der Waals surface area contributed by atoms with Crippen molar-refractivity contribution in [3.05, 3.63) is 101 Å². The largest absolute Gasteiger partial charge is 0.350 e. The minimum Gasteiger partial charge on any atom is -0.350 e. The molecule has 1 heterocycles. The van der Waals surface area contributed by atoms with Gasteiger partial charge in [-0.2, -0.15) is 20.1 Å². The second kappa shape index (κ2) is 10.2. The zero-order chi connectivity index (χ0) is 21.3. The van der Waals surface area contributed by atoms with Crippen LogP contribution in [0.2, 0.25) is 5.02 Å². The number of para-hydroxylation sites is 1. The molecule has 8 heteroatoms. The van der Waals surface area contributed by atoms with E-state index in [1.165, 1.54) is 0 Å². The highest BCUT2D eigenvalue weighted by atomic mass is 35.5. The Labute approximate surface area is 185 Å². The highest BCUT2D eigenvalue weighted by molar-refractivity contribution is 6.30. The number of benzene rings is 3. The van der Waals surface area contributed by atoms with Crippen LogP contribution in [0.3, 0.4) is 0 Å². The van der Waals surface area contributed by atoms with Gasteiger partial charge in [0.1, 0.15) is 0 Å². The molecule has 4 aromatic rings. The molecule has 1 aromatic heterocycles. The smallest absolute Gasteiger partial charge is 0.250 e. The van der Waals surface area contributed by atoms with Gasteiger partial charge in [0.05, 0.1) is 6.21 Å². The van der Waals surface area contributed by atoms with E-state index in [-0.39, 0.29) is 0 Å². The van der Waals surface area contributed by atoms with Crippen LogP contribution in [0.5, 0.6) is 0 Å². The van der Waals surface area contributed by atoms with Gasteiger partial charge in [-0.05, 0) is 35.4 Å². The molecule has 0 spiro atoms. The number of hydrazone groups is 1. The van der Waals surface area contributed by atoms with Crippen molar-refractivity contribution in [2.24, 2.45) is 5.10 Å². The molecular formula is C23H20ClN7. The van der Waals surface area contributed by atoms with E-state index in [1.807, 2.05) is 72.8 Å². The average molecular weight is 430 g/mol. The van der Waals surface area contributed by atoms with Crippen molar-refractivity contribution in [3.8, 4) is 0 Å². The van der Waals surface area contributed by atoms with Gasteiger partial charge in [-0.25, -0.2) is 5.43 Å². The average Bonchev–Trinajstić information content (AvgIpc) is 2.80. The van der Waals surface area contributed by atoms with Gasteiger partial charge in [-0.1, -0.05) is 72.3 Å². The van der Waals surface area contributed by atoms with Crippen LogP contribution in [0.1, 0.15) is 11.1 Å². The predicted octanol–water partition coefficient (Wildman–Crippen LogP) is 5.33. The fraction of sp³-hybridized carbons (Fsp3) is 0.0435. The molecule has 0 unspecified atom stereocenters. The van der Waals surface area contributed by atoms with Crippen LogP contribution in [0.25, 0.3) is 0 Å². The number of hydrogen-bond acceptors (Lipinski definition) is 7. The lowest BCUT2D eigenvalue weighted by molar-refractivity contribution is 0.999. The summed E-state index contributed by atoms with van der Waals surface area (Å²) in [5, 5.41) is 11.3. The lowest BCUT2D eigenvalue weighted by Crippen LogP contribution is -2.09. The molecular weight excluding hydrogens is 410 g/mol. The first kappa shape index (κ1) is 20.3. The molecule has 0 aliphatic rings. The van der Waals surface area contributed by atoms with Gasteiger partial charge in [0.25, 0.3) is 0 Å². The van der Waals surface area contributed by atoms with Gasteiger partial charge >= 0.3 is 0 Å². The van der Waals surface area contributed by atoms with Crippen LogP contribution in [0, 0.1) is 0 Å². The normalized spacial score (nSPS) is 10.7. The van der Waals surface area contributed by atoms with E-state index in [0.29, 0.717) is 29.4 Å². The molecule has 0 radical (unpaired) electrons. The summed E-state index contributed by atoms with van der Waals surface area (Å²) in [7, 11) is 0. The minimum atomic E-state index is 0.314. The molecule has 154 valence electrons. The van der Waals surface area contributed by atoms with Gasteiger partial charge in [0.15, 0.2) is 0 Å². The van der Waals surface area contributed by atoms with E-state index in [2.05, 4.69) is 36.1 Å². The Morgan fingerprint density at radius 1 is 0.742 bits per heavy atom. The number of anilines is 4. The van der Waals surface area contributed by atoms with Crippen molar-refractivity contribution < 1.29 is 0 Å². The number of nitrogens with zero attached hydrogens (tertiary/aromatic N) is 4. The van der Waals surface area contributed by atoms with Crippen LogP contribution < -0.4 is 16.1 Å². The fourth-order valence-electron chi connectivity index (χ4n) is 2.70. The molecule has 0 bridgehead atoms. The van der Waals surface area contributed by atoms with Gasteiger partial charge in [-0.15, -0.1) is 0 Å². The maximum atomic E-state index is 5.92. The van der Waals surface area contributed by atoms with Crippen LogP contribution in [0.15, 0.2) is 90.0 Å². The Kier molecular flexibility index (Phi) is 6.67. The van der Waals surface area contributed by atoms with Gasteiger partial charge in [0.2, 0.25) is 17.8 Å². The molecule has 3 aromatic carbocycles. The van der Waals surface area contributed by atoms with E-state index in [1.54, 1.807) is 18.3 Å². The van der Waals surface area contributed by atoms with Gasteiger partial charge in [-0.3, -0.25) is 0 Å². The standard InChI is InChI=1S/C23H20ClN7/c24-19-13-11-18(12-14-19)16-26-31-23-29-21(25-15-17-7-3-1-4-8-17)28-22(30-23)27-20-9-5-2-6-10-20/h1-14,16H,15H2,(H3,25,27,28,29,30,31)/b26-16+. The van der Waals surface area contributed by atoms with E-state index in [9.17, 15) is 0 Å². The third-order valence-electron chi connectivity index (χ3n) is 4.21. The maximum absolute atomic E-state index is 5.92. The quantitative estimate of drug-likeness (QED) is 0.259. The summed E-state index contributed by atoms with van der Waals surface area (Å²) in [6.45, 7) is 0.586. The van der Waals surface area contributed by atoms with Crippen LogP contribution in [0.4, 0.5) is 23.5 Å². The lowest BCUT2D eigenvalue weighted by Gasteiger charge is -2.10. The highest BCUT2D eigenvalue weighted by Crippen LogP contribution is 2.16. The molecule has 0 saturated carbocycles. The zero-order valence-electron chi connectivity index (χ0n) is 16.5. The Balaban J connectivity index is 1.52.